The van der Waals surface area contributed by atoms with Gasteiger partial charge in [-0.2, -0.15) is 0 Å². The molecule has 0 bridgehead atoms. The maximum atomic E-state index is 7.00. The number of para-hydroxylation sites is 1. The molecule has 0 aliphatic carbocycles. The second-order valence-corrected chi connectivity index (χ2v) is 13.2. The largest absolute Gasteiger partial charge is 0.398 e. The van der Waals surface area contributed by atoms with Gasteiger partial charge in [0.05, 0.1) is 0 Å². The van der Waals surface area contributed by atoms with E-state index in [-0.39, 0.29) is 6.04 Å². The first kappa shape index (κ1) is 30.6. The lowest BCUT2D eigenvalue weighted by molar-refractivity contribution is 0.923. The van der Waals surface area contributed by atoms with Crippen LogP contribution in [0, 0.1) is 0 Å². The molecule has 2 nitrogen and oxygen atoms in total. The van der Waals surface area contributed by atoms with Gasteiger partial charge in [0, 0.05) is 17.3 Å². The van der Waals surface area contributed by atoms with Crippen LogP contribution in [0.1, 0.15) is 22.7 Å². The number of rotatable bonds is 6. The van der Waals surface area contributed by atoms with Crippen molar-refractivity contribution in [3.8, 4) is 22.3 Å². The lowest BCUT2D eigenvalue weighted by atomic mass is 9.86. The Labute approximate surface area is 297 Å². The smallest absolute Gasteiger partial charge is 0.0496 e. The molecule has 0 heterocycles. The molecule has 0 aliphatic rings. The molecule has 1 unspecified atom stereocenters. The lowest BCUT2D eigenvalue weighted by Crippen LogP contribution is -2.09. The zero-order chi connectivity index (χ0) is 34.3. The van der Waals surface area contributed by atoms with E-state index < -0.39 is 0 Å². The number of nitrogen functional groups attached to an aromatic ring is 1. The highest BCUT2D eigenvalue weighted by Crippen LogP contribution is 2.44. The van der Waals surface area contributed by atoms with E-state index in [4.69, 9.17) is 11.5 Å². The molecule has 0 radical (unpaired) electrons. The van der Waals surface area contributed by atoms with Crippen molar-refractivity contribution >= 4 is 54.4 Å². The summed E-state index contributed by atoms with van der Waals surface area (Å²) in [4.78, 5) is 0. The van der Waals surface area contributed by atoms with E-state index in [0.29, 0.717) is 0 Å². The first-order chi connectivity index (χ1) is 25.1. The van der Waals surface area contributed by atoms with Crippen LogP contribution >= 0.6 is 0 Å². The molecule has 4 N–H and O–H groups in total. The predicted octanol–water partition coefficient (Wildman–Crippen LogP) is 12.3. The maximum absolute atomic E-state index is 7.00. The van der Waals surface area contributed by atoms with E-state index in [2.05, 4.69) is 176 Å². The topological polar surface area (TPSA) is 52.0 Å². The first-order valence-electron chi connectivity index (χ1n) is 17.5. The van der Waals surface area contributed by atoms with Crippen molar-refractivity contribution in [2.75, 3.05) is 5.73 Å². The molecule has 0 amide bonds. The Hall–Kier alpha value is -6.48. The van der Waals surface area contributed by atoms with Gasteiger partial charge in [0.2, 0.25) is 0 Å². The summed E-state index contributed by atoms with van der Waals surface area (Å²) >= 11 is 0. The minimum atomic E-state index is -0.281. The van der Waals surface area contributed by atoms with Gasteiger partial charge in [-0.25, -0.2) is 0 Å². The first-order valence-corrected chi connectivity index (χ1v) is 17.5. The minimum Gasteiger partial charge on any atom is -0.398 e. The van der Waals surface area contributed by atoms with Gasteiger partial charge in [-0.05, 0) is 100 Å². The number of anilines is 1. The monoisotopic (exact) mass is 652 g/mol. The molecule has 9 aromatic carbocycles. The molecule has 9 rings (SSSR count). The van der Waals surface area contributed by atoms with Gasteiger partial charge in [0.15, 0.2) is 0 Å². The van der Waals surface area contributed by atoms with E-state index in [0.717, 1.165) is 44.6 Å². The summed E-state index contributed by atoms with van der Waals surface area (Å²) in [6.07, 6.45) is 2.21. The van der Waals surface area contributed by atoms with Crippen molar-refractivity contribution in [1.29, 1.82) is 0 Å². The fourth-order valence-electron chi connectivity index (χ4n) is 7.78. The van der Waals surface area contributed by atoms with Crippen LogP contribution in [0.2, 0.25) is 0 Å². The average molecular weight is 653 g/mol. The van der Waals surface area contributed by atoms with Crippen molar-refractivity contribution in [2.24, 2.45) is 5.73 Å². The number of fused-ring (bicyclic) bond motifs is 6. The zero-order valence-electron chi connectivity index (χ0n) is 28.1. The molecular formula is C49H36N2. The van der Waals surface area contributed by atoms with Gasteiger partial charge in [-0.3, -0.25) is 0 Å². The summed E-state index contributed by atoms with van der Waals surface area (Å²) in [5, 5.41) is 9.66. The molecule has 0 aliphatic heterocycles. The Kier molecular flexibility index (Phi) is 7.65. The third-order valence-electron chi connectivity index (χ3n) is 10.2. The van der Waals surface area contributed by atoms with E-state index in [1.807, 2.05) is 12.1 Å². The number of benzene rings is 9. The Morgan fingerprint density at radius 3 is 1.82 bits per heavy atom. The second-order valence-electron chi connectivity index (χ2n) is 13.2. The molecule has 0 fully saturated rings. The van der Waals surface area contributed by atoms with Crippen LogP contribution in [0.15, 0.2) is 188 Å². The molecule has 0 aromatic heterocycles. The van der Waals surface area contributed by atoms with Gasteiger partial charge >= 0.3 is 0 Å². The van der Waals surface area contributed by atoms with Gasteiger partial charge < -0.3 is 11.5 Å². The van der Waals surface area contributed by atoms with Crippen LogP contribution in [0.3, 0.4) is 0 Å². The second kappa shape index (κ2) is 12.8. The van der Waals surface area contributed by atoms with Crippen molar-refractivity contribution in [3.05, 3.63) is 205 Å². The number of hydrogen-bond acceptors (Lipinski definition) is 2. The Morgan fingerprint density at radius 2 is 1.04 bits per heavy atom. The highest BCUT2D eigenvalue weighted by molar-refractivity contribution is 6.26. The molecule has 9 aromatic rings. The summed E-state index contributed by atoms with van der Waals surface area (Å²) in [6, 6.07) is 64.4. The fourth-order valence-corrected chi connectivity index (χ4v) is 7.78. The lowest BCUT2D eigenvalue weighted by Gasteiger charge is -2.18. The minimum absolute atomic E-state index is 0.281. The molecule has 1 atom stereocenters. The molecule has 0 spiro atoms. The van der Waals surface area contributed by atoms with Gasteiger partial charge in [0.1, 0.15) is 0 Å². The zero-order valence-corrected chi connectivity index (χ0v) is 28.1. The molecular weight excluding hydrogens is 617 g/mol. The summed E-state index contributed by atoms with van der Waals surface area (Å²) in [7, 11) is 0. The standard InChI is InChI=1S/C49H36N2/c50-47-24-11-10-21-41(47)45-29-36-16-5-7-19-38(36)46-30-44(39-20-8-9-22-42(39)49(45)46)35-27-25-34(26-28-35)43(33-13-2-1-3-14-33)31-48(51)40-23-12-17-32-15-4-6-18-37(32)40/h1-31,48H,50-51H2/b43-31-. The van der Waals surface area contributed by atoms with E-state index >= 15 is 0 Å². The maximum Gasteiger partial charge on any atom is 0.0496 e. The van der Waals surface area contributed by atoms with E-state index in [1.54, 1.807) is 0 Å². The highest BCUT2D eigenvalue weighted by atomic mass is 14.6. The Bertz CT molecular complexity index is 2750. The number of nitrogens with two attached hydrogens (primary N) is 2. The predicted molar refractivity (Wildman–Crippen MR) is 219 cm³/mol. The van der Waals surface area contributed by atoms with Gasteiger partial charge in [-0.1, -0.05) is 170 Å². The molecule has 2 heteroatoms. The van der Waals surface area contributed by atoms with Crippen LogP contribution in [0.5, 0.6) is 0 Å². The summed E-state index contributed by atoms with van der Waals surface area (Å²) in [5.41, 5.74) is 23.4. The Morgan fingerprint density at radius 1 is 0.431 bits per heavy atom. The summed E-state index contributed by atoms with van der Waals surface area (Å²) in [6.45, 7) is 0. The van der Waals surface area contributed by atoms with Gasteiger partial charge in [0.25, 0.3) is 0 Å². The van der Waals surface area contributed by atoms with Crippen molar-refractivity contribution in [1.82, 2.24) is 0 Å². The molecule has 0 saturated carbocycles. The van der Waals surface area contributed by atoms with Crippen molar-refractivity contribution in [2.45, 2.75) is 6.04 Å². The normalized spacial score (nSPS) is 12.5. The van der Waals surface area contributed by atoms with E-state index in [9.17, 15) is 0 Å². The van der Waals surface area contributed by atoms with Crippen LogP contribution in [0.4, 0.5) is 5.69 Å². The van der Waals surface area contributed by atoms with Crippen molar-refractivity contribution < 1.29 is 0 Å². The Balaban J connectivity index is 1.22. The van der Waals surface area contributed by atoms with Crippen molar-refractivity contribution in [3.63, 3.8) is 0 Å². The highest BCUT2D eigenvalue weighted by Gasteiger charge is 2.17. The van der Waals surface area contributed by atoms with Crippen LogP contribution in [0.25, 0.3) is 70.9 Å². The third kappa shape index (κ3) is 5.43. The third-order valence-corrected chi connectivity index (χ3v) is 10.2. The van der Waals surface area contributed by atoms with Crippen LogP contribution < -0.4 is 11.5 Å². The SMILES string of the molecule is Nc1ccccc1-c1cc2ccccc2c2cc(-c3ccc(/C(=C\C(N)c4cccc5ccccc45)c4ccccc4)cc3)c3ccccc3c12. The van der Waals surface area contributed by atoms with Crippen LogP contribution in [-0.2, 0) is 0 Å². The number of hydrogen-bond donors (Lipinski definition) is 2. The molecule has 0 saturated heterocycles. The molecule has 242 valence electrons. The van der Waals surface area contributed by atoms with Crippen LogP contribution in [-0.4, -0.2) is 0 Å². The summed E-state index contributed by atoms with van der Waals surface area (Å²) in [5.74, 6) is 0. The quantitative estimate of drug-likeness (QED) is 0.139. The van der Waals surface area contributed by atoms with Gasteiger partial charge in [-0.15, -0.1) is 0 Å². The van der Waals surface area contributed by atoms with E-state index in [1.165, 1.54) is 48.7 Å². The summed E-state index contributed by atoms with van der Waals surface area (Å²) < 4.78 is 0. The average Bonchev–Trinajstić information content (AvgIpc) is 3.19. The fraction of sp³-hybridized carbons (Fsp3) is 0.0204. The molecule has 51 heavy (non-hydrogen) atoms.